The maximum absolute atomic E-state index is 12.0. The first-order valence-electron chi connectivity index (χ1n) is 8.06. The predicted molar refractivity (Wildman–Crippen MR) is 104 cm³/mol. The molecular weight excluding hydrogens is 364 g/mol. The van der Waals surface area contributed by atoms with Gasteiger partial charge >= 0.3 is 5.97 Å². The van der Waals surface area contributed by atoms with Crippen LogP contribution in [-0.2, 0) is 4.74 Å². The summed E-state index contributed by atoms with van der Waals surface area (Å²) in [6, 6.07) is 10.9. The van der Waals surface area contributed by atoms with Crippen LogP contribution in [0.5, 0.6) is 0 Å². The highest BCUT2D eigenvalue weighted by molar-refractivity contribution is 8.13. The molecule has 0 fully saturated rings. The van der Waals surface area contributed by atoms with Crippen LogP contribution in [0.4, 0.5) is 5.69 Å². The first kappa shape index (κ1) is 18.4. The molecule has 0 aliphatic heterocycles. The van der Waals surface area contributed by atoms with Gasteiger partial charge in [0.2, 0.25) is 0 Å². The van der Waals surface area contributed by atoms with Crippen molar-refractivity contribution in [2.24, 2.45) is 4.99 Å². The van der Waals surface area contributed by atoms with Crippen LogP contribution in [0.15, 0.2) is 47.6 Å². The maximum atomic E-state index is 12.0. The van der Waals surface area contributed by atoms with Crippen LogP contribution in [0.2, 0.25) is 0 Å². The molecule has 9 heteroatoms. The lowest BCUT2D eigenvalue weighted by atomic mass is 10.1. The summed E-state index contributed by atoms with van der Waals surface area (Å²) in [6.45, 7) is 2.02. The van der Waals surface area contributed by atoms with E-state index in [1.165, 1.54) is 11.8 Å². The van der Waals surface area contributed by atoms with Crippen LogP contribution in [0.25, 0.3) is 16.9 Å². The minimum atomic E-state index is -0.487. The highest BCUT2D eigenvalue weighted by Crippen LogP contribution is 2.25. The van der Waals surface area contributed by atoms with Crippen molar-refractivity contribution in [2.45, 2.75) is 6.92 Å². The number of nitriles is 1. The van der Waals surface area contributed by atoms with Gasteiger partial charge in [-0.2, -0.15) is 10.4 Å². The van der Waals surface area contributed by atoms with Gasteiger partial charge < -0.3 is 4.74 Å². The molecule has 0 aliphatic rings. The van der Waals surface area contributed by atoms with Gasteiger partial charge in [-0.05, 0) is 31.4 Å². The standard InChI is InChI=1S/C18H16N6O2S/c1-3-26-17(25)14-10-16-20-8-7-15(24(16)23-14)12-5-4-6-13(9-12)22-18(27-2)21-11-19/h4-10H,3H2,1-2H3,(H,21,22). The maximum Gasteiger partial charge on any atom is 0.358 e. The molecule has 136 valence electrons. The van der Waals surface area contributed by atoms with Crippen LogP contribution in [0, 0.1) is 11.5 Å². The predicted octanol–water partition coefficient (Wildman–Crippen LogP) is 2.99. The van der Waals surface area contributed by atoms with Crippen molar-refractivity contribution in [1.82, 2.24) is 19.9 Å². The molecule has 2 aromatic heterocycles. The summed E-state index contributed by atoms with van der Waals surface area (Å²) in [4.78, 5) is 20.6. The topological polar surface area (TPSA) is 105 Å². The van der Waals surface area contributed by atoms with Gasteiger partial charge in [0.25, 0.3) is 0 Å². The van der Waals surface area contributed by atoms with Gasteiger partial charge in [-0.25, -0.2) is 19.3 Å². The van der Waals surface area contributed by atoms with Crippen molar-refractivity contribution < 1.29 is 9.53 Å². The molecule has 0 aliphatic carbocycles. The van der Waals surface area contributed by atoms with E-state index in [1.54, 1.807) is 29.8 Å². The van der Waals surface area contributed by atoms with Crippen molar-refractivity contribution in [2.75, 3.05) is 12.9 Å². The van der Waals surface area contributed by atoms with Crippen LogP contribution in [-0.4, -0.2) is 38.6 Å². The Morgan fingerprint density at radius 3 is 3.00 bits per heavy atom. The molecule has 0 bridgehead atoms. The van der Waals surface area contributed by atoms with Crippen LogP contribution in [0.3, 0.4) is 0 Å². The molecule has 0 spiro atoms. The SMILES string of the molecule is CCOC(=O)c1cc2nccc(-c3cccc(N=C(NC#N)SC)c3)n2n1. The minimum absolute atomic E-state index is 0.203. The second-order valence-corrected chi connectivity index (χ2v) is 6.05. The van der Waals surface area contributed by atoms with E-state index in [2.05, 4.69) is 20.4 Å². The molecule has 0 saturated carbocycles. The number of ether oxygens (including phenoxy) is 1. The summed E-state index contributed by atoms with van der Waals surface area (Å²) < 4.78 is 6.60. The van der Waals surface area contributed by atoms with Gasteiger partial charge in [0.05, 0.1) is 18.0 Å². The van der Waals surface area contributed by atoms with E-state index in [-0.39, 0.29) is 12.3 Å². The smallest absolute Gasteiger partial charge is 0.358 e. The summed E-state index contributed by atoms with van der Waals surface area (Å²) >= 11 is 1.34. The zero-order valence-electron chi connectivity index (χ0n) is 14.7. The average Bonchev–Trinajstić information content (AvgIpc) is 3.12. The number of esters is 1. The Morgan fingerprint density at radius 2 is 2.26 bits per heavy atom. The van der Waals surface area contributed by atoms with Crippen LogP contribution >= 0.6 is 11.8 Å². The molecule has 3 rings (SSSR count). The minimum Gasteiger partial charge on any atom is -0.461 e. The fraction of sp³-hybridized carbons (Fsp3) is 0.167. The highest BCUT2D eigenvalue weighted by atomic mass is 32.2. The second kappa shape index (κ2) is 8.33. The van der Waals surface area contributed by atoms with Gasteiger partial charge in [-0.1, -0.05) is 23.9 Å². The number of rotatable bonds is 4. The molecule has 0 unspecified atom stereocenters. The fourth-order valence-corrected chi connectivity index (χ4v) is 2.79. The normalized spacial score (nSPS) is 11.2. The molecule has 0 saturated heterocycles. The van der Waals surface area contributed by atoms with Crippen molar-refractivity contribution in [3.63, 3.8) is 0 Å². The van der Waals surface area contributed by atoms with Gasteiger partial charge in [0.1, 0.15) is 0 Å². The Kier molecular flexibility index (Phi) is 5.68. The molecule has 27 heavy (non-hydrogen) atoms. The third-order valence-corrected chi connectivity index (χ3v) is 4.15. The Morgan fingerprint density at radius 1 is 1.41 bits per heavy atom. The van der Waals surface area contributed by atoms with Crippen molar-refractivity contribution in [1.29, 1.82) is 5.26 Å². The average molecular weight is 380 g/mol. The summed E-state index contributed by atoms with van der Waals surface area (Å²) in [7, 11) is 0. The van der Waals surface area contributed by atoms with Gasteiger partial charge in [0.15, 0.2) is 22.7 Å². The molecule has 8 nitrogen and oxygen atoms in total. The number of thioether (sulfide) groups is 1. The molecule has 0 atom stereocenters. The highest BCUT2D eigenvalue weighted by Gasteiger charge is 2.15. The van der Waals surface area contributed by atoms with E-state index in [0.29, 0.717) is 16.5 Å². The number of benzene rings is 1. The summed E-state index contributed by atoms with van der Waals surface area (Å²) in [5, 5.41) is 16.1. The number of fused-ring (bicyclic) bond motifs is 1. The number of amidine groups is 1. The summed E-state index contributed by atoms with van der Waals surface area (Å²) in [5.74, 6) is -0.487. The largest absolute Gasteiger partial charge is 0.461 e. The Balaban J connectivity index is 2.04. The van der Waals surface area contributed by atoms with E-state index in [1.807, 2.05) is 36.7 Å². The Labute approximate surface area is 159 Å². The van der Waals surface area contributed by atoms with Crippen LogP contribution in [0.1, 0.15) is 17.4 Å². The van der Waals surface area contributed by atoms with Crippen LogP contribution < -0.4 is 5.32 Å². The van der Waals surface area contributed by atoms with E-state index in [4.69, 9.17) is 10.00 Å². The molecular formula is C18H16N6O2S. The third kappa shape index (κ3) is 4.07. The van der Waals surface area contributed by atoms with Crippen molar-refractivity contribution in [3.8, 4) is 17.5 Å². The van der Waals surface area contributed by atoms with E-state index < -0.39 is 5.97 Å². The summed E-state index contributed by atoms with van der Waals surface area (Å²) in [6.07, 6.45) is 5.35. The number of carbonyl (C=O) groups is 1. The number of carbonyl (C=O) groups excluding carboxylic acids is 1. The quantitative estimate of drug-likeness (QED) is 0.244. The monoisotopic (exact) mass is 380 g/mol. The molecule has 0 amide bonds. The third-order valence-electron chi connectivity index (χ3n) is 3.57. The van der Waals surface area contributed by atoms with Gasteiger partial charge in [0, 0.05) is 17.8 Å². The van der Waals surface area contributed by atoms with E-state index >= 15 is 0 Å². The number of aromatic nitrogens is 3. The van der Waals surface area contributed by atoms with Crippen molar-refractivity contribution in [3.05, 3.63) is 48.3 Å². The van der Waals surface area contributed by atoms with E-state index in [0.717, 1.165) is 11.3 Å². The Bertz CT molecular complexity index is 1050. The molecule has 0 radical (unpaired) electrons. The lowest BCUT2D eigenvalue weighted by Gasteiger charge is -2.06. The summed E-state index contributed by atoms with van der Waals surface area (Å²) in [5.41, 5.74) is 3.03. The molecule has 3 aromatic rings. The first-order valence-corrected chi connectivity index (χ1v) is 9.29. The number of aliphatic imine (C=N–C) groups is 1. The van der Waals surface area contributed by atoms with E-state index in [9.17, 15) is 4.79 Å². The van der Waals surface area contributed by atoms with Gasteiger partial charge in [-0.3, -0.25) is 5.32 Å². The number of hydrogen-bond donors (Lipinski definition) is 1. The second-order valence-electron chi connectivity index (χ2n) is 5.26. The lowest BCUT2D eigenvalue weighted by molar-refractivity contribution is 0.0519. The molecule has 1 aromatic carbocycles. The lowest BCUT2D eigenvalue weighted by Crippen LogP contribution is -2.12. The van der Waals surface area contributed by atoms with Gasteiger partial charge in [-0.15, -0.1) is 0 Å². The Hall–Kier alpha value is -3.38. The zero-order valence-corrected chi connectivity index (χ0v) is 15.5. The number of hydrogen-bond acceptors (Lipinski definition) is 7. The first-order chi connectivity index (χ1) is 13.2. The fourth-order valence-electron chi connectivity index (χ4n) is 2.44. The van der Waals surface area contributed by atoms with Crippen molar-refractivity contribution >= 4 is 34.2 Å². The zero-order chi connectivity index (χ0) is 19.2. The molecule has 1 N–H and O–H groups in total. The number of nitrogens with one attached hydrogen (secondary N) is 1. The number of nitrogens with zero attached hydrogens (tertiary/aromatic N) is 5. The molecule has 2 heterocycles.